The third-order valence-electron chi connectivity index (χ3n) is 3.96. The smallest absolute Gasteiger partial charge is 0.388 e. The molecule has 0 aromatic heterocycles. The van der Waals surface area contributed by atoms with Gasteiger partial charge in [-0.05, 0) is 48.2 Å². The average Bonchev–Trinajstić information content (AvgIpc) is 2.58. The zero-order chi connectivity index (χ0) is 19.5. The van der Waals surface area contributed by atoms with Gasteiger partial charge in [-0.3, -0.25) is 0 Å². The molecule has 26 heavy (non-hydrogen) atoms. The van der Waals surface area contributed by atoms with Crippen LogP contribution in [-0.4, -0.2) is 10.2 Å². The Morgan fingerprint density at radius 1 is 0.577 bits per heavy atom. The first-order chi connectivity index (χ1) is 12.0. The van der Waals surface area contributed by atoms with E-state index in [1.54, 1.807) is 0 Å². The molecule has 0 spiro atoms. The molecule has 142 valence electrons. The van der Waals surface area contributed by atoms with Gasteiger partial charge in [0.15, 0.2) is 0 Å². The highest BCUT2D eigenvalue weighted by atomic mass is 19.4. The lowest BCUT2D eigenvalue weighted by Crippen LogP contribution is -2.07. The lowest BCUT2D eigenvalue weighted by Gasteiger charge is -2.16. The number of halogens is 6. The van der Waals surface area contributed by atoms with Gasteiger partial charge in [-0.25, -0.2) is 0 Å². The van der Waals surface area contributed by atoms with E-state index in [9.17, 15) is 36.6 Å². The van der Waals surface area contributed by atoms with E-state index in [2.05, 4.69) is 0 Å². The van der Waals surface area contributed by atoms with Crippen molar-refractivity contribution in [2.24, 2.45) is 0 Å². The van der Waals surface area contributed by atoms with Crippen molar-refractivity contribution < 1.29 is 36.6 Å². The molecule has 0 saturated carbocycles. The third-order valence-corrected chi connectivity index (χ3v) is 3.96. The minimum Gasteiger partial charge on any atom is -0.388 e. The van der Waals surface area contributed by atoms with Crippen molar-refractivity contribution in [2.75, 3.05) is 0 Å². The molecular formula is C18H16F6O2. The molecule has 2 aromatic carbocycles. The fourth-order valence-electron chi connectivity index (χ4n) is 2.44. The van der Waals surface area contributed by atoms with Crippen LogP contribution in [0, 0.1) is 0 Å². The molecule has 0 aliphatic rings. The van der Waals surface area contributed by atoms with Crippen LogP contribution in [0.4, 0.5) is 26.3 Å². The fraction of sp³-hybridized carbons (Fsp3) is 0.333. The van der Waals surface area contributed by atoms with E-state index in [0.29, 0.717) is 0 Å². The second-order valence-electron chi connectivity index (χ2n) is 5.85. The molecule has 0 aliphatic carbocycles. The molecule has 0 aliphatic heterocycles. The molecule has 0 unspecified atom stereocenters. The summed E-state index contributed by atoms with van der Waals surface area (Å²) in [6.45, 7) is 0. The van der Waals surface area contributed by atoms with Gasteiger partial charge in [0, 0.05) is 0 Å². The molecule has 2 aromatic rings. The average molecular weight is 378 g/mol. The van der Waals surface area contributed by atoms with Crippen molar-refractivity contribution >= 4 is 0 Å². The van der Waals surface area contributed by atoms with Crippen molar-refractivity contribution in [1.29, 1.82) is 0 Å². The Morgan fingerprint density at radius 2 is 0.846 bits per heavy atom. The van der Waals surface area contributed by atoms with Crippen LogP contribution in [0.25, 0.3) is 0 Å². The van der Waals surface area contributed by atoms with Gasteiger partial charge >= 0.3 is 12.4 Å². The van der Waals surface area contributed by atoms with E-state index in [-0.39, 0.29) is 24.0 Å². The van der Waals surface area contributed by atoms with E-state index in [1.165, 1.54) is 0 Å². The Morgan fingerprint density at radius 3 is 1.08 bits per heavy atom. The molecule has 2 rings (SSSR count). The number of hydrogen-bond acceptors (Lipinski definition) is 2. The highest BCUT2D eigenvalue weighted by molar-refractivity contribution is 5.27. The van der Waals surface area contributed by atoms with Crippen LogP contribution in [0.5, 0.6) is 0 Å². The maximum Gasteiger partial charge on any atom is 0.416 e. The normalized spacial score (nSPS) is 14.9. The second-order valence-corrected chi connectivity index (χ2v) is 5.85. The van der Waals surface area contributed by atoms with Gasteiger partial charge in [0.25, 0.3) is 0 Å². The number of hydrogen-bond donors (Lipinski definition) is 2. The predicted octanol–water partition coefficient (Wildman–Crippen LogP) is 5.27. The van der Waals surface area contributed by atoms with Crippen LogP contribution in [0.3, 0.4) is 0 Å². The van der Waals surface area contributed by atoms with E-state index >= 15 is 0 Å². The SMILES string of the molecule is O[C@@H](CC[C@H](O)c1ccc(C(F)(F)F)cc1)c1ccc(C(F)(F)F)cc1. The Hall–Kier alpha value is -2.06. The molecule has 0 heterocycles. The number of benzene rings is 2. The summed E-state index contributed by atoms with van der Waals surface area (Å²) in [5, 5.41) is 20.0. The van der Waals surface area contributed by atoms with E-state index in [0.717, 1.165) is 48.5 Å². The number of aliphatic hydroxyl groups is 2. The van der Waals surface area contributed by atoms with Crippen LogP contribution in [0.15, 0.2) is 48.5 Å². The first-order valence-corrected chi connectivity index (χ1v) is 7.69. The van der Waals surface area contributed by atoms with Crippen molar-refractivity contribution in [3.63, 3.8) is 0 Å². The van der Waals surface area contributed by atoms with Crippen molar-refractivity contribution in [3.8, 4) is 0 Å². The third kappa shape index (κ3) is 5.22. The molecule has 8 heteroatoms. The van der Waals surface area contributed by atoms with E-state index in [1.807, 2.05) is 0 Å². The highest BCUT2D eigenvalue weighted by Crippen LogP contribution is 2.32. The summed E-state index contributed by atoms with van der Waals surface area (Å²) < 4.78 is 75.0. The Kier molecular flexibility index (Phi) is 5.98. The molecule has 2 atom stereocenters. The molecular weight excluding hydrogens is 362 g/mol. The highest BCUT2D eigenvalue weighted by Gasteiger charge is 2.31. The van der Waals surface area contributed by atoms with Crippen molar-refractivity contribution in [1.82, 2.24) is 0 Å². The first kappa shape index (κ1) is 20.3. The van der Waals surface area contributed by atoms with E-state index in [4.69, 9.17) is 0 Å². The molecule has 0 saturated heterocycles. The monoisotopic (exact) mass is 378 g/mol. The summed E-state index contributed by atoms with van der Waals surface area (Å²) in [4.78, 5) is 0. The maximum absolute atomic E-state index is 12.5. The lowest BCUT2D eigenvalue weighted by atomic mass is 9.98. The quantitative estimate of drug-likeness (QED) is 0.696. The topological polar surface area (TPSA) is 40.5 Å². The summed E-state index contributed by atoms with van der Waals surface area (Å²) in [6, 6.07) is 8.01. The first-order valence-electron chi connectivity index (χ1n) is 7.69. The van der Waals surface area contributed by atoms with Crippen molar-refractivity contribution in [2.45, 2.75) is 37.4 Å². The summed E-state index contributed by atoms with van der Waals surface area (Å²) in [5.74, 6) is 0. The summed E-state index contributed by atoms with van der Waals surface area (Å²) >= 11 is 0. The minimum atomic E-state index is -4.47. The lowest BCUT2D eigenvalue weighted by molar-refractivity contribution is -0.138. The number of alkyl halides is 6. The Bertz CT molecular complexity index is 641. The molecule has 0 fully saturated rings. The largest absolute Gasteiger partial charge is 0.416 e. The fourth-order valence-corrected chi connectivity index (χ4v) is 2.44. The van der Waals surface area contributed by atoms with Gasteiger partial charge in [0.1, 0.15) is 0 Å². The molecule has 0 amide bonds. The molecule has 2 nitrogen and oxygen atoms in total. The van der Waals surface area contributed by atoms with Gasteiger partial charge in [-0.2, -0.15) is 26.3 Å². The van der Waals surface area contributed by atoms with Gasteiger partial charge < -0.3 is 10.2 Å². The van der Waals surface area contributed by atoms with Crippen LogP contribution in [0.2, 0.25) is 0 Å². The van der Waals surface area contributed by atoms with Crippen LogP contribution < -0.4 is 0 Å². The zero-order valence-corrected chi connectivity index (χ0v) is 13.3. The molecule has 0 radical (unpaired) electrons. The van der Waals surface area contributed by atoms with Crippen LogP contribution in [0.1, 0.15) is 47.3 Å². The Labute approximate surface area is 145 Å². The summed E-state index contributed by atoms with van der Waals surface area (Å²) in [5.41, 5.74) is -1.15. The predicted molar refractivity (Wildman–Crippen MR) is 82.0 cm³/mol. The van der Waals surface area contributed by atoms with Gasteiger partial charge in [0.2, 0.25) is 0 Å². The Balaban J connectivity index is 1.95. The number of rotatable bonds is 5. The standard InChI is InChI=1S/C18H16F6O2/c19-17(20,21)13-5-1-11(2-6-13)15(25)9-10-16(26)12-3-7-14(8-4-12)18(22,23)24/h1-8,15-16,25-26H,9-10H2/t15-,16-/m0/s1. The van der Waals surface area contributed by atoms with E-state index < -0.39 is 35.7 Å². The van der Waals surface area contributed by atoms with Gasteiger partial charge in [-0.1, -0.05) is 24.3 Å². The van der Waals surface area contributed by atoms with Crippen molar-refractivity contribution in [3.05, 3.63) is 70.8 Å². The molecule has 2 N–H and O–H groups in total. The maximum atomic E-state index is 12.5. The summed E-state index contributed by atoms with van der Waals surface area (Å²) in [7, 11) is 0. The van der Waals surface area contributed by atoms with Crippen LogP contribution >= 0.6 is 0 Å². The number of aliphatic hydroxyl groups excluding tert-OH is 2. The van der Waals surface area contributed by atoms with Gasteiger partial charge in [-0.15, -0.1) is 0 Å². The minimum absolute atomic E-state index is 0.0353. The second kappa shape index (κ2) is 7.67. The summed E-state index contributed by atoms with van der Waals surface area (Å²) in [6.07, 6.45) is -11.1. The van der Waals surface area contributed by atoms with Gasteiger partial charge in [0.05, 0.1) is 23.3 Å². The van der Waals surface area contributed by atoms with Crippen LogP contribution in [-0.2, 0) is 12.4 Å². The zero-order valence-electron chi connectivity index (χ0n) is 13.3. The molecule has 0 bridgehead atoms.